The molecule has 1 radical (unpaired) electrons. The van der Waals surface area contributed by atoms with Crippen molar-refractivity contribution in [2.24, 2.45) is 17.4 Å². The van der Waals surface area contributed by atoms with Crippen molar-refractivity contribution < 1.29 is 9.59 Å². The van der Waals surface area contributed by atoms with Crippen LogP contribution in [0.15, 0.2) is 5.38 Å². The smallest absolute Gasteiger partial charge is 0.268 e. The molecule has 0 aliphatic heterocycles. The van der Waals surface area contributed by atoms with E-state index in [4.69, 9.17) is 16.9 Å². The Morgan fingerprint density at radius 1 is 1.41 bits per heavy atom. The summed E-state index contributed by atoms with van der Waals surface area (Å²) in [5, 5.41) is 12.1. The molecule has 1 fully saturated rings. The first-order valence-corrected chi connectivity index (χ1v) is 8.08. The number of ketones is 1. The summed E-state index contributed by atoms with van der Waals surface area (Å²) in [6, 6.07) is 0.132. The lowest BCUT2D eigenvalue weighted by Crippen LogP contribution is -2.45. The van der Waals surface area contributed by atoms with Gasteiger partial charge >= 0.3 is 0 Å². The molecule has 2 atom stereocenters. The zero-order chi connectivity index (χ0) is 16.1. The van der Waals surface area contributed by atoms with Crippen molar-refractivity contribution in [3.63, 3.8) is 0 Å². The molecular formula is C14H20N5O2S. The first-order chi connectivity index (χ1) is 10.5. The highest BCUT2D eigenvalue weighted by atomic mass is 32.1. The van der Waals surface area contributed by atoms with Crippen LogP contribution in [0.1, 0.15) is 52.4 Å². The van der Waals surface area contributed by atoms with Gasteiger partial charge in [-0.2, -0.15) is 0 Å². The lowest BCUT2D eigenvalue weighted by Gasteiger charge is -2.32. The molecule has 22 heavy (non-hydrogen) atoms. The van der Waals surface area contributed by atoms with E-state index in [1.807, 2.05) is 0 Å². The summed E-state index contributed by atoms with van der Waals surface area (Å²) < 4.78 is 0. The van der Waals surface area contributed by atoms with E-state index in [-0.39, 0.29) is 34.4 Å². The number of primary amides is 1. The maximum atomic E-state index is 12.1. The number of carbonyl (C=O) groups is 2. The minimum atomic E-state index is -0.631. The number of thiazole rings is 1. The van der Waals surface area contributed by atoms with Gasteiger partial charge in [-0.1, -0.05) is 12.8 Å². The normalized spacial score (nSPS) is 21.3. The van der Waals surface area contributed by atoms with Gasteiger partial charge in [0.25, 0.3) is 5.91 Å². The molecule has 119 valence electrons. The zero-order valence-electron chi connectivity index (χ0n) is 12.2. The van der Waals surface area contributed by atoms with Crippen LogP contribution in [0.5, 0.6) is 0 Å². The number of nitrogens with one attached hydrogen (secondary N) is 2. The average Bonchev–Trinajstić information content (AvgIpc) is 2.95. The molecule has 2 rings (SSSR count). The fourth-order valence-electron chi connectivity index (χ4n) is 2.73. The van der Waals surface area contributed by atoms with Crippen LogP contribution in [0.4, 0.5) is 0 Å². The molecule has 0 bridgehead atoms. The van der Waals surface area contributed by atoms with Gasteiger partial charge in [0.1, 0.15) is 5.69 Å². The lowest BCUT2D eigenvalue weighted by molar-refractivity contribution is 0.0996. The second kappa shape index (κ2) is 7.35. The van der Waals surface area contributed by atoms with Crippen LogP contribution in [-0.2, 0) is 0 Å². The van der Waals surface area contributed by atoms with Gasteiger partial charge in [-0.05, 0) is 25.2 Å². The molecule has 2 unspecified atom stereocenters. The topological polar surface area (TPSA) is 135 Å². The summed E-state index contributed by atoms with van der Waals surface area (Å²) in [5.41, 5.74) is 10.7. The Kier molecular flexibility index (Phi) is 5.48. The monoisotopic (exact) mass is 322 g/mol. The van der Waals surface area contributed by atoms with Crippen molar-refractivity contribution in [1.82, 2.24) is 10.3 Å². The largest absolute Gasteiger partial charge is 0.370 e. The first-order valence-electron chi connectivity index (χ1n) is 7.20. The standard InChI is InChI=1S/C14H20N5O2S/c15-12(21)10-7-22-13(18-10)11(20)6-5-8-3-1-2-4-9(8)19-14(16)17/h6-9H,1-5H2,(H2,15,21)(H4,16,17,19). The Balaban J connectivity index is 1.90. The number of guanidine groups is 1. The molecular weight excluding hydrogens is 302 g/mol. The summed E-state index contributed by atoms with van der Waals surface area (Å²) in [5.74, 6) is -0.579. The highest BCUT2D eigenvalue weighted by molar-refractivity contribution is 7.12. The summed E-state index contributed by atoms with van der Waals surface area (Å²) in [6.07, 6.45) is 6.38. The number of rotatable bonds is 6. The number of amides is 1. The third kappa shape index (κ3) is 4.27. The average molecular weight is 322 g/mol. The van der Waals surface area contributed by atoms with E-state index in [1.54, 1.807) is 6.42 Å². The summed E-state index contributed by atoms with van der Waals surface area (Å²) >= 11 is 1.12. The number of aromatic nitrogens is 1. The SMILES string of the molecule is N=C(N)NC1CCCCC1C[CH]C(=O)c1nc(C(N)=O)cs1. The molecule has 0 spiro atoms. The predicted molar refractivity (Wildman–Crippen MR) is 84.7 cm³/mol. The predicted octanol–water partition coefficient (Wildman–Crippen LogP) is 1.06. The van der Waals surface area contributed by atoms with Crippen molar-refractivity contribution in [1.29, 1.82) is 5.41 Å². The maximum absolute atomic E-state index is 12.1. The van der Waals surface area contributed by atoms with Crippen molar-refractivity contribution in [3.8, 4) is 0 Å². The van der Waals surface area contributed by atoms with Gasteiger partial charge in [-0.25, -0.2) is 4.98 Å². The van der Waals surface area contributed by atoms with Gasteiger partial charge in [0, 0.05) is 17.8 Å². The molecule has 0 aromatic carbocycles. The van der Waals surface area contributed by atoms with Gasteiger partial charge < -0.3 is 16.8 Å². The van der Waals surface area contributed by atoms with Crippen LogP contribution in [0.3, 0.4) is 0 Å². The van der Waals surface area contributed by atoms with E-state index < -0.39 is 5.91 Å². The molecule has 1 aromatic rings. The fourth-order valence-corrected chi connectivity index (χ4v) is 3.47. The molecule has 1 aromatic heterocycles. The molecule has 1 saturated carbocycles. The van der Waals surface area contributed by atoms with Gasteiger partial charge in [0.2, 0.25) is 0 Å². The van der Waals surface area contributed by atoms with E-state index in [9.17, 15) is 9.59 Å². The highest BCUT2D eigenvalue weighted by Gasteiger charge is 2.26. The molecule has 1 aliphatic rings. The van der Waals surface area contributed by atoms with Crippen LogP contribution in [-0.4, -0.2) is 28.7 Å². The van der Waals surface area contributed by atoms with Crippen LogP contribution in [0.25, 0.3) is 0 Å². The number of hydrogen-bond acceptors (Lipinski definition) is 5. The van der Waals surface area contributed by atoms with E-state index in [2.05, 4.69) is 10.3 Å². The zero-order valence-corrected chi connectivity index (χ0v) is 13.0. The number of carbonyl (C=O) groups excluding carboxylic acids is 2. The van der Waals surface area contributed by atoms with E-state index >= 15 is 0 Å². The molecule has 1 heterocycles. The van der Waals surface area contributed by atoms with Crippen molar-refractivity contribution in [2.75, 3.05) is 0 Å². The van der Waals surface area contributed by atoms with Crippen LogP contribution in [0.2, 0.25) is 0 Å². The maximum Gasteiger partial charge on any atom is 0.268 e. The van der Waals surface area contributed by atoms with Crippen LogP contribution >= 0.6 is 11.3 Å². The quantitative estimate of drug-likeness (QED) is 0.353. The Bertz CT molecular complexity index is 571. The second-order valence-corrected chi connectivity index (χ2v) is 6.27. The Hall–Kier alpha value is -1.96. The van der Waals surface area contributed by atoms with Crippen molar-refractivity contribution in [3.05, 3.63) is 22.5 Å². The van der Waals surface area contributed by atoms with Gasteiger partial charge in [-0.15, -0.1) is 11.3 Å². The van der Waals surface area contributed by atoms with Crippen molar-refractivity contribution in [2.45, 2.75) is 38.1 Å². The van der Waals surface area contributed by atoms with E-state index in [0.29, 0.717) is 6.42 Å². The molecule has 1 aliphatic carbocycles. The highest BCUT2D eigenvalue weighted by Crippen LogP contribution is 2.28. The van der Waals surface area contributed by atoms with Crippen molar-refractivity contribution >= 4 is 29.0 Å². The fraction of sp³-hybridized carbons (Fsp3) is 0.500. The molecule has 8 heteroatoms. The Labute approximate surface area is 133 Å². The lowest BCUT2D eigenvalue weighted by atomic mass is 9.81. The van der Waals surface area contributed by atoms with Gasteiger partial charge in [0.05, 0.1) is 0 Å². The first kappa shape index (κ1) is 16.4. The number of nitrogens with two attached hydrogens (primary N) is 2. The Morgan fingerprint density at radius 2 is 2.14 bits per heavy atom. The molecule has 1 amide bonds. The van der Waals surface area contributed by atoms with Crippen LogP contribution in [0, 0.1) is 17.7 Å². The minimum absolute atomic E-state index is 0.0331. The Morgan fingerprint density at radius 3 is 2.77 bits per heavy atom. The second-order valence-electron chi connectivity index (χ2n) is 5.42. The van der Waals surface area contributed by atoms with E-state index in [0.717, 1.165) is 37.0 Å². The third-order valence-corrected chi connectivity index (χ3v) is 4.68. The molecule has 0 saturated heterocycles. The summed E-state index contributed by atoms with van der Waals surface area (Å²) in [7, 11) is 0. The molecule has 7 nitrogen and oxygen atoms in total. The third-order valence-electron chi connectivity index (χ3n) is 3.82. The molecule has 6 N–H and O–H groups in total. The van der Waals surface area contributed by atoms with E-state index in [1.165, 1.54) is 5.38 Å². The summed E-state index contributed by atoms with van der Waals surface area (Å²) in [4.78, 5) is 27.0. The van der Waals surface area contributed by atoms with Gasteiger partial charge in [0.15, 0.2) is 16.8 Å². The summed E-state index contributed by atoms with van der Waals surface area (Å²) in [6.45, 7) is 0. The number of hydrogen-bond donors (Lipinski definition) is 4. The number of nitrogens with zero attached hydrogens (tertiary/aromatic N) is 1. The minimum Gasteiger partial charge on any atom is -0.370 e. The van der Waals surface area contributed by atoms with Gasteiger partial charge in [-0.3, -0.25) is 15.0 Å². The number of Topliss-reactive ketones (excluding diaryl/α,β-unsaturated/α-hetero) is 1. The van der Waals surface area contributed by atoms with Crippen LogP contribution < -0.4 is 16.8 Å².